The Hall–Kier alpha value is -2.18. The second-order valence-electron chi connectivity index (χ2n) is 6.15. The average Bonchev–Trinajstić information content (AvgIpc) is 2.60. The molecule has 0 fully saturated rings. The van der Waals surface area contributed by atoms with Gasteiger partial charge in [-0.05, 0) is 47.7 Å². The first-order valence-electron chi connectivity index (χ1n) is 8.30. The zero-order valence-electron chi connectivity index (χ0n) is 14.7. The molecular weight excluding hydrogens is 336 g/mol. The van der Waals surface area contributed by atoms with Gasteiger partial charge in [-0.3, -0.25) is 4.79 Å². The lowest BCUT2D eigenvalue weighted by molar-refractivity contribution is -0.115. The second-order valence-corrected chi connectivity index (χ2v) is 7.91. The van der Waals surface area contributed by atoms with Crippen LogP contribution in [-0.2, 0) is 21.2 Å². The van der Waals surface area contributed by atoms with E-state index in [2.05, 4.69) is 23.9 Å². The van der Waals surface area contributed by atoms with Crippen LogP contribution >= 0.6 is 0 Å². The molecular formula is C19H24N2O3S. The van der Waals surface area contributed by atoms with Crippen molar-refractivity contribution in [1.82, 2.24) is 4.72 Å². The Bertz CT molecular complexity index is 811. The van der Waals surface area contributed by atoms with Crippen molar-refractivity contribution >= 4 is 21.6 Å². The monoisotopic (exact) mass is 360 g/mol. The highest BCUT2D eigenvalue weighted by Gasteiger charge is 2.15. The van der Waals surface area contributed by atoms with Gasteiger partial charge in [0.15, 0.2) is 0 Å². The van der Waals surface area contributed by atoms with Crippen LogP contribution in [0, 0.1) is 0 Å². The highest BCUT2D eigenvalue weighted by atomic mass is 32.2. The Morgan fingerprint density at radius 1 is 1.00 bits per heavy atom. The minimum atomic E-state index is -3.70. The van der Waals surface area contributed by atoms with Gasteiger partial charge >= 0.3 is 0 Å². The van der Waals surface area contributed by atoms with Crippen LogP contribution in [0.2, 0.25) is 0 Å². The number of amides is 1. The number of hydrogen-bond acceptors (Lipinski definition) is 3. The smallest absolute Gasteiger partial charge is 0.241 e. The van der Waals surface area contributed by atoms with E-state index in [9.17, 15) is 13.2 Å². The lowest BCUT2D eigenvalue weighted by Crippen LogP contribution is -2.32. The number of carbonyl (C=O) groups excluding carboxylic acids is 1. The van der Waals surface area contributed by atoms with Gasteiger partial charge in [0.25, 0.3) is 0 Å². The van der Waals surface area contributed by atoms with E-state index in [-0.39, 0.29) is 11.4 Å². The molecule has 2 rings (SSSR count). The number of benzene rings is 2. The third-order valence-corrected chi connectivity index (χ3v) is 5.34. The van der Waals surface area contributed by atoms with Crippen LogP contribution in [0.5, 0.6) is 0 Å². The van der Waals surface area contributed by atoms with Crippen LogP contribution < -0.4 is 10.0 Å². The maximum Gasteiger partial charge on any atom is 0.241 e. The van der Waals surface area contributed by atoms with E-state index in [0.717, 1.165) is 12.0 Å². The first-order valence-corrected chi connectivity index (χ1v) is 9.78. The minimum absolute atomic E-state index is 0.152. The van der Waals surface area contributed by atoms with Gasteiger partial charge in [-0.1, -0.05) is 45.0 Å². The van der Waals surface area contributed by atoms with E-state index < -0.39 is 15.9 Å². The molecule has 5 nitrogen and oxygen atoms in total. The number of hydrogen-bond donors (Lipinski definition) is 2. The third-order valence-electron chi connectivity index (χ3n) is 3.93. The standard InChI is InChI=1S/C19H24N2O3S/c1-4-15-5-11-18(12-6-15)25(23,24)20-13-19(22)21-17-9-7-16(8-10-17)14(2)3/h5-12,14,20H,4,13H2,1-3H3,(H,21,22). The maximum atomic E-state index is 12.2. The number of aryl methyl sites for hydroxylation is 1. The summed E-state index contributed by atoms with van der Waals surface area (Å²) in [5.41, 5.74) is 2.87. The fourth-order valence-corrected chi connectivity index (χ4v) is 3.29. The lowest BCUT2D eigenvalue weighted by atomic mass is 10.0. The molecule has 0 aliphatic heterocycles. The van der Waals surface area contributed by atoms with Crippen LogP contribution in [0.1, 0.15) is 37.8 Å². The predicted octanol–water partition coefficient (Wildman–Crippen LogP) is 3.29. The molecule has 2 aromatic rings. The first-order chi connectivity index (χ1) is 11.8. The molecule has 0 heterocycles. The normalized spacial score (nSPS) is 11.5. The summed E-state index contributed by atoms with van der Waals surface area (Å²) in [6, 6.07) is 14.1. The van der Waals surface area contributed by atoms with Gasteiger partial charge in [-0.15, -0.1) is 0 Å². The molecule has 6 heteroatoms. The second kappa shape index (κ2) is 8.27. The largest absolute Gasteiger partial charge is 0.325 e. The summed E-state index contributed by atoms with van der Waals surface area (Å²) < 4.78 is 26.8. The van der Waals surface area contributed by atoms with Gasteiger partial charge in [0.2, 0.25) is 15.9 Å². The molecule has 0 aliphatic carbocycles. The molecule has 0 bridgehead atoms. The Kier molecular flexibility index (Phi) is 6.33. The predicted molar refractivity (Wildman–Crippen MR) is 100 cm³/mol. The van der Waals surface area contributed by atoms with E-state index in [1.165, 1.54) is 5.56 Å². The summed E-state index contributed by atoms with van der Waals surface area (Å²) in [4.78, 5) is 12.1. The number of rotatable bonds is 7. The van der Waals surface area contributed by atoms with Crippen molar-refractivity contribution < 1.29 is 13.2 Å². The molecule has 0 spiro atoms. The first kappa shape index (κ1) is 19.1. The highest BCUT2D eigenvalue weighted by Crippen LogP contribution is 2.17. The van der Waals surface area contributed by atoms with Crippen molar-refractivity contribution in [3.63, 3.8) is 0 Å². The zero-order chi connectivity index (χ0) is 18.4. The van der Waals surface area contributed by atoms with E-state index >= 15 is 0 Å². The van der Waals surface area contributed by atoms with Gasteiger partial charge in [-0.2, -0.15) is 0 Å². The lowest BCUT2D eigenvalue weighted by Gasteiger charge is -2.10. The summed E-state index contributed by atoms with van der Waals surface area (Å²) in [6.45, 7) is 5.87. The Balaban J connectivity index is 1.93. The Labute approximate surface area is 149 Å². The topological polar surface area (TPSA) is 75.3 Å². The summed E-state index contributed by atoms with van der Waals surface area (Å²) in [6.07, 6.45) is 0.839. The van der Waals surface area contributed by atoms with Crippen LogP contribution in [-0.4, -0.2) is 20.9 Å². The molecule has 1 amide bonds. The van der Waals surface area contributed by atoms with E-state index in [1.54, 1.807) is 24.3 Å². The van der Waals surface area contributed by atoms with Crippen LogP contribution in [0.3, 0.4) is 0 Å². The van der Waals surface area contributed by atoms with Gasteiger partial charge in [-0.25, -0.2) is 13.1 Å². The summed E-state index contributed by atoms with van der Waals surface area (Å²) in [5, 5.41) is 2.68. The Morgan fingerprint density at radius 3 is 2.12 bits per heavy atom. The molecule has 0 aliphatic rings. The summed E-state index contributed by atoms with van der Waals surface area (Å²) in [5.74, 6) is 0.00158. The van der Waals surface area contributed by atoms with Crippen molar-refractivity contribution in [2.75, 3.05) is 11.9 Å². The average molecular weight is 360 g/mol. The van der Waals surface area contributed by atoms with Crippen molar-refractivity contribution in [3.05, 3.63) is 59.7 Å². The molecule has 0 unspecified atom stereocenters. The number of nitrogens with one attached hydrogen (secondary N) is 2. The molecule has 0 saturated carbocycles. The van der Waals surface area contributed by atoms with Gasteiger partial charge < -0.3 is 5.32 Å². The van der Waals surface area contributed by atoms with Crippen molar-refractivity contribution in [2.24, 2.45) is 0 Å². The van der Waals surface area contributed by atoms with Crippen molar-refractivity contribution in [1.29, 1.82) is 0 Å². The SMILES string of the molecule is CCc1ccc(S(=O)(=O)NCC(=O)Nc2ccc(C(C)C)cc2)cc1. The molecule has 134 valence electrons. The van der Waals surface area contributed by atoms with Crippen LogP contribution in [0.15, 0.2) is 53.4 Å². The maximum absolute atomic E-state index is 12.2. The van der Waals surface area contributed by atoms with Crippen LogP contribution in [0.25, 0.3) is 0 Å². The van der Waals surface area contributed by atoms with Crippen LogP contribution in [0.4, 0.5) is 5.69 Å². The van der Waals surface area contributed by atoms with E-state index in [1.807, 2.05) is 31.2 Å². The highest BCUT2D eigenvalue weighted by molar-refractivity contribution is 7.89. The van der Waals surface area contributed by atoms with Crippen molar-refractivity contribution in [3.8, 4) is 0 Å². The quantitative estimate of drug-likeness (QED) is 0.795. The molecule has 0 radical (unpaired) electrons. The van der Waals surface area contributed by atoms with E-state index in [4.69, 9.17) is 0 Å². The molecule has 2 N–H and O–H groups in total. The van der Waals surface area contributed by atoms with E-state index in [0.29, 0.717) is 11.6 Å². The third kappa shape index (κ3) is 5.41. The van der Waals surface area contributed by atoms with Gasteiger partial charge in [0.05, 0.1) is 11.4 Å². The number of anilines is 1. The molecule has 0 atom stereocenters. The zero-order valence-corrected chi connectivity index (χ0v) is 15.6. The Morgan fingerprint density at radius 2 is 1.60 bits per heavy atom. The fraction of sp³-hybridized carbons (Fsp3) is 0.316. The molecule has 0 saturated heterocycles. The van der Waals surface area contributed by atoms with Gasteiger partial charge in [0, 0.05) is 5.69 Å². The van der Waals surface area contributed by atoms with Gasteiger partial charge in [0.1, 0.15) is 0 Å². The summed E-state index contributed by atoms with van der Waals surface area (Å²) >= 11 is 0. The fourth-order valence-electron chi connectivity index (χ4n) is 2.30. The van der Waals surface area contributed by atoms with Crippen molar-refractivity contribution in [2.45, 2.75) is 38.0 Å². The summed E-state index contributed by atoms with van der Waals surface area (Å²) in [7, 11) is -3.70. The molecule has 25 heavy (non-hydrogen) atoms. The molecule has 0 aromatic heterocycles. The molecule has 2 aromatic carbocycles. The number of sulfonamides is 1. The number of carbonyl (C=O) groups is 1. The minimum Gasteiger partial charge on any atom is -0.325 e.